The van der Waals surface area contributed by atoms with Gasteiger partial charge in [0.25, 0.3) is 5.91 Å². The Morgan fingerprint density at radius 3 is 2.84 bits per heavy atom. The van der Waals surface area contributed by atoms with E-state index in [9.17, 15) is 9.59 Å². The second-order valence-corrected chi connectivity index (χ2v) is 5.74. The summed E-state index contributed by atoms with van der Waals surface area (Å²) in [5.41, 5.74) is 1.28. The van der Waals surface area contributed by atoms with E-state index in [0.29, 0.717) is 35.9 Å². The van der Waals surface area contributed by atoms with Crippen LogP contribution in [0, 0.1) is 6.92 Å². The Hall–Kier alpha value is -2.96. The molecule has 2 heterocycles. The van der Waals surface area contributed by atoms with E-state index in [0.717, 1.165) is 5.69 Å². The molecular weight excluding hydrogens is 324 g/mol. The predicted molar refractivity (Wildman–Crippen MR) is 90.8 cm³/mol. The summed E-state index contributed by atoms with van der Waals surface area (Å²) in [6, 6.07) is 9.18. The number of anilines is 1. The molecular formula is C18H20N2O5. The number of fused-ring (bicyclic) bond motifs is 1. The molecule has 1 aliphatic rings. The molecule has 7 nitrogen and oxygen atoms in total. The van der Waals surface area contributed by atoms with Gasteiger partial charge < -0.3 is 24.1 Å². The Labute approximate surface area is 145 Å². The van der Waals surface area contributed by atoms with Crippen LogP contribution in [0.3, 0.4) is 0 Å². The molecule has 1 amide bonds. The van der Waals surface area contributed by atoms with Crippen molar-refractivity contribution in [2.24, 2.45) is 0 Å². The Balaban J connectivity index is 1.88. The van der Waals surface area contributed by atoms with Crippen molar-refractivity contribution in [3.63, 3.8) is 0 Å². The number of aryl methyl sites for hydroxylation is 1. The molecule has 7 heteroatoms. The number of rotatable bonds is 4. The molecule has 3 rings (SSSR count). The van der Waals surface area contributed by atoms with Crippen LogP contribution in [0.25, 0.3) is 0 Å². The first-order valence-electron chi connectivity index (χ1n) is 7.93. The first-order valence-corrected chi connectivity index (χ1v) is 7.93. The van der Waals surface area contributed by atoms with Crippen molar-refractivity contribution in [3.05, 3.63) is 47.4 Å². The highest BCUT2D eigenvalue weighted by Crippen LogP contribution is 2.34. The molecule has 2 aromatic rings. The maximum absolute atomic E-state index is 12.0. The Morgan fingerprint density at radius 2 is 2.12 bits per heavy atom. The van der Waals surface area contributed by atoms with E-state index in [1.807, 2.05) is 29.2 Å². The summed E-state index contributed by atoms with van der Waals surface area (Å²) in [4.78, 5) is 25.8. The standard InChI is InChI=1S/C18H20N2O5/c1-11-13(18(22)23-3)8-12(24-11)9-20-10-16(17(21)19-2)25-15-7-5-4-6-14(15)20/h4-8,16H,9-10H2,1-3H3,(H,19,21)/t16-/m0/s1. The van der Waals surface area contributed by atoms with Crippen LogP contribution in [-0.2, 0) is 16.1 Å². The van der Waals surface area contributed by atoms with Gasteiger partial charge in [-0.2, -0.15) is 0 Å². The molecule has 0 saturated heterocycles. The number of nitrogens with zero attached hydrogens (tertiary/aromatic N) is 1. The number of ether oxygens (including phenoxy) is 2. The fourth-order valence-corrected chi connectivity index (χ4v) is 2.88. The highest BCUT2D eigenvalue weighted by atomic mass is 16.5. The van der Waals surface area contributed by atoms with Crippen LogP contribution in [0.2, 0.25) is 0 Å². The lowest BCUT2D eigenvalue weighted by atomic mass is 10.1. The summed E-state index contributed by atoms with van der Waals surface area (Å²) in [6.07, 6.45) is -0.615. The normalized spacial score (nSPS) is 16.0. The smallest absolute Gasteiger partial charge is 0.341 e. The van der Waals surface area contributed by atoms with Gasteiger partial charge in [0.15, 0.2) is 6.10 Å². The fourth-order valence-electron chi connectivity index (χ4n) is 2.88. The van der Waals surface area contributed by atoms with Crippen molar-refractivity contribution in [1.82, 2.24) is 5.32 Å². The molecule has 0 fully saturated rings. The van der Waals surface area contributed by atoms with Crippen molar-refractivity contribution in [1.29, 1.82) is 0 Å². The molecule has 1 atom stereocenters. The third-order valence-electron chi connectivity index (χ3n) is 4.12. The minimum atomic E-state index is -0.615. The zero-order chi connectivity index (χ0) is 18.0. The largest absolute Gasteiger partial charge is 0.477 e. The molecule has 1 N–H and O–H groups in total. The van der Waals surface area contributed by atoms with Crippen molar-refractivity contribution in [2.45, 2.75) is 19.6 Å². The van der Waals surface area contributed by atoms with Crippen LogP contribution in [0.5, 0.6) is 5.75 Å². The number of benzene rings is 1. The number of likely N-dealkylation sites (N-methyl/N-ethyl adjacent to an activating group) is 1. The number of hydrogen-bond acceptors (Lipinski definition) is 6. The SMILES string of the molecule is CNC(=O)[C@@H]1CN(Cc2cc(C(=O)OC)c(C)o2)c2ccccc2O1. The number of esters is 1. The Bertz CT molecular complexity index is 799. The van der Waals surface area contributed by atoms with Gasteiger partial charge in [0.1, 0.15) is 22.8 Å². The predicted octanol–water partition coefficient (Wildman–Crippen LogP) is 1.89. The Kier molecular flexibility index (Phi) is 4.65. The van der Waals surface area contributed by atoms with E-state index in [-0.39, 0.29) is 5.91 Å². The molecule has 1 aromatic heterocycles. The summed E-state index contributed by atoms with van der Waals surface area (Å²) in [6.45, 7) is 2.51. The zero-order valence-electron chi connectivity index (χ0n) is 14.4. The van der Waals surface area contributed by atoms with Crippen LogP contribution in [-0.4, -0.2) is 38.7 Å². The summed E-state index contributed by atoms with van der Waals surface area (Å²) < 4.78 is 16.2. The minimum absolute atomic E-state index is 0.189. The molecule has 1 aromatic carbocycles. The van der Waals surface area contributed by atoms with Gasteiger partial charge in [0.05, 0.1) is 25.9 Å². The fraction of sp³-hybridized carbons (Fsp3) is 0.333. The number of carbonyl (C=O) groups excluding carboxylic acids is 2. The van der Waals surface area contributed by atoms with E-state index in [2.05, 4.69) is 5.32 Å². The maximum atomic E-state index is 12.0. The molecule has 0 aliphatic carbocycles. The van der Waals surface area contributed by atoms with Crippen molar-refractivity contribution in [2.75, 3.05) is 25.6 Å². The Morgan fingerprint density at radius 1 is 1.36 bits per heavy atom. The highest BCUT2D eigenvalue weighted by molar-refractivity contribution is 5.90. The van der Waals surface area contributed by atoms with Crippen LogP contribution in [0.1, 0.15) is 21.9 Å². The van der Waals surface area contributed by atoms with Gasteiger partial charge in [0, 0.05) is 7.05 Å². The molecule has 25 heavy (non-hydrogen) atoms. The van der Waals surface area contributed by atoms with Gasteiger partial charge in [-0.05, 0) is 25.1 Å². The van der Waals surface area contributed by atoms with Crippen LogP contribution in [0.4, 0.5) is 5.69 Å². The lowest BCUT2D eigenvalue weighted by Gasteiger charge is -2.34. The lowest BCUT2D eigenvalue weighted by molar-refractivity contribution is -0.127. The van der Waals surface area contributed by atoms with E-state index in [1.165, 1.54) is 7.11 Å². The second kappa shape index (κ2) is 6.88. The van der Waals surface area contributed by atoms with Crippen molar-refractivity contribution in [3.8, 4) is 5.75 Å². The van der Waals surface area contributed by atoms with E-state index < -0.39 is 12.1 Å². The number of methoxy groups -OCH3 is 1. The highest BCUT2D eigenvalue weighted by Gasteiger charge is 2.30. The topological polar surface area (TPSA) is 81.0 Å². The van der Waals surface area contributed by atoms with Gasteiger partial charge >= 0.3 is 5.97 Å². The first-order chi connectivity index (χ1) is 12.0. The summed E-state index contributed by atoms with van der Waals surface area (Å²) in [5.74, 6) is 1.14. The zero-order valence-corrected chi connectivity index (χ0v) is 14.4. The number of amides is 1. The maximum Gasteiger partial charge on any atom is 0.341 e. The van der Waals surface area contributed by atoms with E-state index in [4.69, 9.17) is 13.9 Å². The number of para-hydroxylation sites is 2. The van der Waals surface area contributed by atoms with Gasteiger partial charge in [-0.3, -0.25) is 4.79 Å². The van der Waals surface area contributed by atoms with Crippen molar-refractivity contribution < 1.29 is 23.5 Å². The van der Waals surface area contributed by atoms with Gasteiger partial charge in [0.2, 0.25) is 0 Å². The second-order valence-electron chi connectivity index (χ2n) is 5.74. The van der Waals surface area contributed by atoms with E-state index >= 15 is 0 Å². The minimum Gasteiger partial charge on any atom is -0.477 e. The molecule has 0 unspecified atom stereocenters. The number of hydrogen-bond donors (Lipinski definition) is 1. The summed E-state index contributed by atoms with van der Waals surface area (Å²) >= 11 is 0. The third-order valence-corrected chi connectivity index (χ3v) is 4.12. The molecule has 0 bridgehead atoms. The molecule has 1 aliphatic heterocycles. The molecule has 0 saturated carbocycles. The average molecular weight is 344 g/mol. The van der Waals surface area contributed by atoms with Gasteiger partial charge in [-0.1, -0.05) is 12.1 Å². The molecule has 0 radical (unpaired) electrons. The first kappa shape index (κ1) is 16.9. The third kappa shape index (κ3) is 3.31. The van der Waals surface area contributed by atoms with Crippen LogP contribution >= 0.6 is 0 Å². The van der Waals surface area contributed by atoms with Gasteiger partial charge in [-0.25, -0.2) is 4.79 Å². The monoisotopic (exact) mass is 344 g/mol. The number of nitrogens with one attached hydrogen (secondary N) is 1. The van der Waals surface area contributed by atoms with Crippen molar-refractivity contribution >= 4 is 17.6 Å². The van der Waals surface area contributed by atoms with Crippen LogP contribution < -0.4 is 15.0 Å². The van der Waals surface area contributed by atoms with Gasteiger partial charge in [-0.15, -0.1) is 0 Å². The quantitative estimate of drug-likeness (QED) is 0.853. The number of furan rings is 1. The van der Waals surface area contributed by atoms with Crippen LogP contribution in [0.15, 0.2) is 34.7 Å². The number of carbonyl (C=O) groups is 2. The molecule has 0 spiro atoms. The average Bonchev–Trinajstić information content (AvgIpc) is 3.00. The summed E-state index contributed by atoms with van der Waals surface area (Å²) in [5, 5.41) is 2.61. The molecule has 132 valence electrons. The lowest BCUT2D eigenvalue weighted by Crippen LogP contribution is -2.47. The van der Waals surface area contributed by atoms with E-state index in [1.54, 1.807) is 20.0 Å². The summed E-state index contributed by atoms with van der Waals surface area (Å²) in [7, 11) is 2.91.